The number of rotatable bonds is 4. The molecule has 0 saturated heterocycles. The lowest BCUT2D eigenvalue weighted by Gasteiger charge is -2.15. The van der Waals surface area contributed by atoms with Crippen LogP contribution in [0.15, 0.2) is 34.9 Å². The summed E-state index contributed by atoms with van der Waals surface area (Å²) in [6, 6.07) is 5.35. The molecule has 27 heavy (non-hydrogen) atoms. The van der Waals surface area contributed by atoms with Crippen LogP contribution in [0.2, 0.25) is 0 Å². The lowest BCUT2D eigenvalue weighted by molar-refractivity contribution is 0.0764. The number of amides is 1. The number of halogens is 3. The molecule has 1 unspecified atom stereocenters. The summed E-state index contributed by atoms with van der Waals surface area (Å²) >= 11 is 0. The van der Waals surface area contributed by atoms with E-state index in [9.17, 15) is 18.0 Å². The molecule has 2 aromatic heterocycles. The highest BCUT2D eigenvalue weighted by Crippen LogP contribution is 2.28. The SMILES string of the molecule is CC(F)c1nnc(-c2cnc3c(c2)C(=O)N(Cc2cccc(F)c2F)C3)o1. The number of aromatic nitrogens is 3. The lowest BCUT2D eigenvalue weighted by atomic mass is 10.1. The Morgan fingerprint density at radius 1 is 1.30 bits per heavy atom. The molecule has 0 saturated carbocycles. The van der Waals surface area contributed by atoms with E-state index >= 15 is 0 Å². The molecule has 4 rings (SSSR count). The minimum absolute atomic E-state index is 0.0484. The van der Waals surface area contributed by atoms with E-state index in [2.05, 4.69) is 15.2 Å². The van der Waals surface area contributed by atoms with Gasteiger partial charge in [0, 0.05) is 18.3 Å². The highest BCUT2D eigenvalue weighted by molar-refractivity contribution is 5.98. The second-order valence-electron chi connectivity index (χ2n) is 6.15. The third kappa shape index (κ3) is 3.05. The van der Waals surface area contributed by atoms with Crippen LogP contribution < -0.4 is 0 Å². The van der Waals surface area contributed by atoms with Crippen LogP contribution in [0.5, 0.6) is 0 Å². The minimum atomic E-state index is -1.41. The van der Waals surface area contributed by atoms with Gasteiger partial charge in [-0.15, -0.1) is 10.2 Å². The van der Waals surface area contributed by atoms with Crippen LogP contribution in [0.3, 0.4) is 0 Å². The fraction of sp³-hybridized carbons (Fsp3) is 0.222. The first-order valence-corrected chi connectivity index (χ1v) is 8.13. The van der Waals surface area contributed by atoms with Crippen molar-refractivity contribution in [3.8, 4) is 11.5 Å². The monoisotopic (exact) mass is 374 g/mol. The molecule has 0 radical (unpaired) electrons. The lowest BCUT2D eigenvalue weighted by Crippen LogP contribution is -2.24. The fourth-order valence-electron chi connectivity index (χ4n) is 2.86. The molecule has 0 N–H and O–H groups in total. The molecule has 9 heteroatoms. The predicted molar refractivity (Wildman–Crippen MR) is 87.0 cm³/mol. The summed E-state index contributed by atoms with van der Waals surface area (Å²) in [5.41, 5.74) is 1.26. The van der Waals surface area contributed by atoms with Gasteiger partial charge in [0.25, 0.3) is 11.8 Å². The molecule has 1 aromatic carbocycles. The number of hydrogen-bond donors (Lipinski definition) is 0. The summed E-state index contributed by atoms with van der Waals surface area (Å²) in [5.74, 6) is -2.44. The summed E-state index contributed by atoms with van der Waals surface area (Å²) in [6.07, 6.45) is 0.0328. The largest absolute Gasteiger partial charge is 0.417 e. The van der Waals surface area contributed by atoms with E-state index in [1.54, 1.807) is 0 Å². The Balaban J connectivity index is 1.60. The van der Waals surface area contributed by atoms with Crippen LogP contribution in [0.1, 0.15) is 40.6 Å². The quantitative estimate of drug-likeness (QED) is 0.698. The smallest absolute Gasteiger partial charge is 0.256 e. The number of hydrogen-bond acceptors (Lipinski definition) is 5. The Kier molecular flexibility index (Phi) is 4.14. The zero-order valence-corrected chi connectivity index (χ0v) is 14.1. The second kappa shape index (κ2) is 6.49. The van der Waals surface area contributed by atoms with Crippen molar-refractivity contribution in [1.82, 2.24) is 20.1 Å². The van der Waals surface area contributed by atoms with Gasteiger partial charge in [0.15, 0.2) is 17.8 Å². The summed E-state index contributed by atoms with van der Waals surface area (Å²) < 4.78 is 45.7. The molecule has 6 nitrogen and oxygen atoms in total. The van der Waals surface area contributed by atoms with Crippen molar-refractivity contribution in [1.29, 1.82) is 0 Å². The average molecular weight is 374 g/mol. The molecular weight excluding hydrogens is 361 g/mol. The van der Waals surface area contributed by atoms with Gasteiger partial charge in [0.2, 0.25) is 5.89 Å². The van der Waals surface area contributed by atoms with Crippen molar-refractivity contribution in [3.63, 3.8) is 0 Å². The van der Waals surface area contributed by atoms with Gasteiger partial charge in [-0.25, -0.2) is 13.2 Å². The van der Waals surface area contributed by atoms with Gasteiger partial charge in [0.05, 0.1) is 23.4 Å². The molecule has 3 aromatic rings. The van der Waals surface area contributed by atoms with Gasteiger partial charge < -0.3 is 9.32 Å². The van der Waals surface area contributed by atoms with Gasteiger partial charge >= 0.3 is 0 Å². The van der Waals surface area contributed by atoms with Gasteiger partial charge in [-0.2, -0.15) is 0 Å². The second-order valence-corrected chi connectivity index (χ2v) is 6.15. The van der Waals surface area contributed by atoms with Gasteiger partial charge in [0.1, 0.15) is 0 Å². The number of carbonyl (C=O) groups is 1. The average Bonchev–Trinajstić information content (AvgIpc) is 3.25. The number of carbonyl (C=O) groups excluding carboxylic acids is 1. The minimum Gasteiger partial charge on any atom is -0.417 e. The van der Waals surface area contributed by atoms with Gasteiger partial charge in [-0.3, -0.25) is 9.78 Å². The molecule has 0 spiro atoms. The van der Waals surface area contributed by atoms with Crippen LogP contribution in [0.25, 0.3) is 11.5 Å². The van der Waals surface area contributed by atoms with Crippen LogP contribution in [0.4, 0.5) is 13.2 Å². The Hall–Kier alpha value is -3.23. The molecule has 1 aliphatic rings. The van der Waals surface area contributed by atoms with Crippen molar-refractivity contribution >= 4 is 5.91 Å². The first kappa shape index (κ1) is 17.2. The van der Waals surface area contributed by atoms with Gasteiger partial charge in [-0.05, 0) is 19.1 Å². The molecular formula is C18H13F3N4O2. The van der Waals surface area contributed by atoms with Crippen LogP contribution in [0, 0.1) is 11.6 Å². The maximum atomic E-state index is 13.9. The summed E-state index contributed by atoms with van der Waals surface area (Å²) in [4.78, 5) is 18.2. The molecule has 0 fully saturated rings. The van der Waals surface area contributed by atoms with E-state index in [1.807, 2.05) is 0 Å². The maximum Gasteiger partial charge on any atom is 0.256 e. The Morgan fingerprint density at radius 2 is 2.11 bits per heavy atom. The summed E-state index contributed by atoms with van der Waals surface area (Å²) in [7, 11) is 0. The fourth-order valence-corrected chi connectivity index (χ4v) is 2.86. The van der Waals surface area contributed by atoms with E-state index < -0.39 is 17.8 Å². The first-order valence-electron chi connectivity index (χ1n) is 8.13. The van der Waals surface area contributed by atoms with E-state index in [0.29, 0.717) is 16.8 Å². The van der Waals surface area contributed by atoms with Crippen molar-refractivity contribution in [2.24, 2.45) is 0 Å². The molecule has 1 atom stereocenters. The number of benzene rings is 1. The molecule has 0 bridgehead atoms. The number of nitrogens with zero attached hydrogens (tertiary/aromatic N) is 4. The Labute approximate surface area is 151 Å². The first-order chi connectivity index (χ1) is 12.9. The molecule has 1 aliphatic heterocycles. The molecule has 1 amide bonds. The number of fused-ring (bicyclic) bond motifs is 1. The van der Waals surface area contributed by atoms with Crippen LogP contribution in [-0.2, 0) is 13.1 Å². The summed E-state index contributed by atoms with van der Waals surface area (Å²) in [5, 5.41) is 7.35. The normalized spacial score (nSPS) is 14.5. The topological polar surface area (TPSA) is 72.1 Å². The van der Waals surface area contributed by atoms with Gasteiger partial charge in [-0.1, -0.05) is 12.1 Å². The highest BCUT2D eigenvalue weighted by Gasteiger charge is 2.30. The molecule has 0 aliphatic carbocycles. The van der Waals surface area contributed by atoms with Crippen LogP contribution >= 0.6 is 0 Å². The third-order valence-electron chi connectivity index (χ3n) is 4.25. The van der Waals surface area contributed by atoms with E-state index in [-0.39, 0.29) is 36.3 Å². The van der Waals surface area contributed by atoms with Crippen molar-refractivity contribution < 1.29 is 22.4 Å². The number of alkyl halides is 1. The van der Waals surface area contributed by atoms with Crippen molar-refractivity contribution in [2.75, 3.05) is 0 Å². The van der Waals surface area contributed by atoms with E-state index in [4.69, 9.17) is 4.42 Å². The molecule has 3 heterocycles. The maximum absolute atomic E-state index is 13.9. The van der Waals surface area contributed by atoms with E-state index in [1.165, 1.54) is 36.2 Å². The third-order valence-corrected chi connectivity index (χ3v) is 4.25. The number of pyridine rings is 1. The highest BCUT2D eigenvalue weighted by atomic mass is 19.2. The van der Waals surface area contributed by atoms with E-state index in [0.717, 1.165) is 6.07 Å². The predicted octanol–water partition coefficient (Wildman–Crippen LogP) is 3.60. The summed E-state index contributed by atoms with van der Waals surface area (Å²) in [6.45, 7) is 1.35. The zero-order valence-electron chi connectivity index (χ0n) is 14.1. The van der Waals surface area contributed by atoms with Crippen molar-refractivity contribution in [2.45, 2.75) is 26.2 Å². The van der Waals surface area contributed by atoms with Crippen molar-refractivity contribution in [3.05, 3.63) is 64.8 Å². The molecule has 138 valence electrons. The van der Waals surface area contributed by atoms with Crippen LogP contribution in [-0.4, -0.2) is 26.0 Å². The Morgan fingerprint density at radius 3 is 2.85 bits per heavy atom. The zero-order chi connectivity index (χ0) is 19.1. The Bertz CT molecular complexity index is 1040. The standard InChI is InChI=1S/C18H13F3N4O2/c1-9(19)16-23-24-17(27-16)11-5-12-14(22-6-11)8-25(18(12)26)7-10-3-2-4-13(20)15(10)21/h2-6,9H,7-8H2,1H3.